The quantitative estimate of drug-likeness (QED) is 0.794. The first-order valence-corrected chi connectivity index (χ1v) is 7.84. The molecule has 1 aliphatic rings. The highest BCUT2D eigenvalue weighted by Crippen LogP contribution is 2.24. The normalized spacial score (nSPS) is 16.4. The fraction of sp³-hybridized carbons (Fsp3) is 0.727. The summed E-state index contributed by atoms with van der Waals surface area (Å²) in [5.41, 5.74) is 0. The zero-order chi connectivity index (χ0) is 11.9. The number of nitrogens with zero attached hydrogens (tertiary/aromatic N) is 2. The van der Waals surface area contributed by atoms with Gasteiger partial charge >= 0.3 is 0 Å². The first kappa shape index (κ1) is 13.1. The molecule has 4 nitrogen and oxygen atoms in total. The molecule has 2 rings (SSSR count). The molecule has 0 radical (unpaired) electrons. The van der Waals surface area contributed by atoms with Gasteiger partial charge in [-0.15, -0.1) is 11.3 Å². The van der Waals surface area contributed by atoms with Crippen molar-refractivity contribution in [3.63, 3.8) is 0 Å². The van der Waals surface area contributed by atoms with Gasteiger partial charge in [0.2, 0.25) is 0 Å². The SMILES string of the molecule is COCCNCc1cnc(N2CCSCC2)s1. The molecule has 0 amide bonds. The molecule has 0 aromatic carbocycles. The van der Waals surface area contributed by atoms with Crippen LogP contribution in [0.1, 0.15) is 4.88 Å². The molecule has 6 heteroatoms. The van der Waals surface area contributed by atoms with Crippen LogP contribution in [0, 0.1) is 0 Å². The van der Waals surface area contributed by atoms with Crippen molar-refractivity contribution in [2.24, 2.45) is 0 Å². The Labute approximate surface area is 111 Å². The van der Waals surface area contributed by atoms with Crippen LogP contribution in [0.15, 0.2) is 6.20 Å². The summed E-state index contributed by atoms with van der Waals surface area (Å²) in [6.45, 7) is 4.81. The van der Waals surface area contributed by atoms with Crippen molar-refractivity contribution >= 4 is 28.2 Å². The van der Waals surface area contributed by atoms with Crippen LogP contribution < -0.4 is 10.2 Å². The zero-order valence-electron chi connectivity index (χ0n) is 10.1. The van der Waals surface area contributed by atoms with Gasteiger partial charge < -0.3 is 15.0 Å². The van der Waals surface area contributed by atoms with Crippen molar-refractivity contribution in [1.82, 2.24) is 10.3 Å². The van der Waals surface area contributed by atoms with Crippen molar-refractivity contribution in [2.45, 2.75) is 6.54 Å². The predicted molar refractivity (Wildman–Crippen MR) is 75.2 cm³/mol. The second kappa shape index (κ2) is 7.20. The highest BCUT2D eigenvalue weighted by molar-refractivity contribution is 7.99. The molecule has 0 saturated carbocycles. The minimum atomic E-state index is 0.759. The molecule has 1 aromatic rings. The number of anilines is 1. The summed E-state index contributed by atoms with van der Waals surface area (Å²) in [6, 6.07) is 0. The fourth-order valence-corrected chi connectivity index (χ4v) is 3.50. The number of hydrogen-bond acceptors (Lipinski definition) is 6. The maximum Gasteiger partial charge on any atom is 0.185 e. The Morgan fingerprint density at radius 1 is 1.47 bits per heavy atom. The van der Waals surface area contributed by atoms with Gasteiger partial charge in [-0.25, -0.2) is 4.98 Å². The number of thioether (sulfide) groups is 1. The van der Waals surface area contributed by atoms with Crippen molar-refractivity contribution in [3.8, 4) is 0 Å². The average molecular weight is 273 g/mol. The first-order chi connectivity index (χ1) is 8.40. The third-order valence-electron chi connectivity index (χ3n) is 2.61. The van der Waals surface area contributed by atoms with Crippen LogP contribution in [0.2, 0.25) is 0 Å². The molecule has 0 atom stereocenters. The summed E-state index contributed by atoms with van der Waals surface area (Å²) in [5, 5.41) is 4.52. The predicted octanol–water partition coefficient (Wildman–Crippen LogP) is 1.43. The molecular formula is C11H19N3OS2. The van der Waals surface area contributed by atoms with E-state index >= 15 is 0 Å². The molecule has 0 bridgehead atoms. The maximum absolute atomic E-state index is 4.99. The highest BCUT2D eigenvalue weighted by atomic mass is 32.2. The highest BCUT2D eigenvalue weighted by Gasteiger charge is 2.14. The second-order valence-electron chi connectivity index (χ2n) is 3.88. The Kier molecular flexibility index (Phi) is 5.57. The van der Waals surface area contributed by atoms with Gasteiger partial charge in [-0.05, 0) is 0 Å². The third kappa shape index (κ3) is 4.13. The molecule has 0 spiro atoms. The van der Waals surface area contributed by atoms with E-state index in [-0.39, 0.29) is 0 Å². The molecule has 0 aliphatic carbocycles. The third-order valence-corrected chi connectivity index (χ3v) is 4.61. The van der Waals surface area contributed by atoms with Crippen molar-refractivity contribution in [3.05, 3.63) is 11.1 Å². The van der Waals surface area contributed by atoms with Gasteiger partial charge in [-0.2, -0.15) is 11.8 Å². The Bertz CT molecular complexity index is 326. The van der Waals surface area contributed by atoms with Gasteiger partial charge in [-0.3, -0.25) is 0 Å². The van der Waals surface area contributed by atoms with Crippen molar-refractivity contribution in [2.75, 3.05) is 49.8 Å². The monoisotopic (exact) mass is 273 g/mol. The fourth-order valence-electron chi connectivity index (χ4n) is 1.67. The van der Waals surface area contributed by atoms with Crippen LogP contribution in [-0.4, -0.2) is 49.8 Å². The van der Waals surface area contributed by atoms with Crippen LogP contribution in [0.25, 0.3) is 0 Å². The topological polar surface area (TPSA) is 37.4 Å². The number of aromatic nitrogens is 1. The van der Waals surface area contributed by atoms with E-state index in [4.69, 9.17) is 4.74 Å². The maximum atomic E-state index is 4.99. The molecule has 1 N–H and O–H groups in total. The number of hydrogen-bond donors (Lipinski definition) is 1. The van der Waals surface area contributed by atoms with E-state index in [1.54, 1.807) is 18.4 Å². The lowest BCUT2D eigenvalue weighted by molar-refractivity contribution is 0.199. The standard InChI is InChI=1S/C11H19N3OS2/c1-15-5-2-12-8-10-9-13-11(17-10)14-3-6-16-7-4-14/h9,12H,2-8H2,1H3. The summed E-state index contributed by atoms with van der Waals surface area (Å²) >= 11 is 3.83. The first-order valence-electron chi connectivity index (χ1n) is 5.87. The summed E-state index contributed by atoms with van der Waals surface area (Å²) in [4.78, 5) is 8.19. The molecule has 0 unspecified atom stereocenters. The van der Waals surface area contributed by atoms with Gasteiger partial charge in [0.25, 0.3) is 0 Å². The average Bonchev–Trinajstić information content (AvgIpc) is 2.85. The Hall–Kier alpha value is -0.300. The molecule has 1 aliphatic heterocycles. The Morgan fingerprint density at radius 3 is 3.06 bits per heavy atom. The van der Waals surface area contributed by atoms with Gasteiger partial charge in [-0.1, -0.05) is 0 Å². The summed E-state index contributed by atoms with van der Waals surface area (Å²) in [6.07, 6.45) is 1.99. The van der Waals surface area contributed by atoms with Gasteiger partial charge in [0.15, 0.2) is 5.13 Å². The number of methoxy groups -OCH3 is 1. The molecule has 1 fully saturated rings. The summed E-state index contributed by atoms with van der Waals surface area (Å²) < 4.78 is 4.99. The summed E-state index contributed by atoms with van der Waals surface area (Å²) in [7, 11) is 1.72. The zero-order valence-corrected chi connectivity index (χ0v) is 11.8. The van der Waals surface area contributed by atoms with Crippen LogP contribution in [0.4, 0.5) is 5.13 Å². The number of rotatable bonds is 6. The van der Waals surface area contributed by atoms with Crippen molar-refractivity contribution < 1.29 is 4.74 Å². The molecule has 1 saturated heterocycles. The largest absolute Gasteiger partial charge is 0.383 e. The van der Waals surface area contributed by atoms with E-state index in [0.29, 0.717) is 0 Å². The van der Waals surface area contributed by atoms with E-state index in [1.807, 2.05) is 18.0 Å². The lowest BCUT2D eigenvalue weighted by atomic mass is 10.5. The van der Waals surface area contributed by atoms with E-state index in [9.17, 15) is 0 Å². The minimum absolute atomic E-state index is 0.759. The van der Waals surface area contributed by atoms with Gasteiger partial charge in [0.1, 0.15) is 0 Å². The van der Waals surface area contributed by atoms with Crippen LogP contribution in [0.5, 0.6) is 0 Å². The van der Waals surface area contributed by atoms with Crippen LogP contribution >= 0.6 is 23.1 Å². The van der Waals surface area contributed by atoms with Crippen molar-refractivity contribution in [1.29, 1.82) is 0 Å². The molecule has 96 valence electrons. The molecule has 17 heavy (non-hydrogen) atoms. The summed E-state index contributed by atoms with van der Waals surface area (Å²) in [5.74, 6) is 2.45. The van der Waals surface area contributed by atoms with Gasteiger partial charge in [0, 0.05) is 55.9 Å². The van der Waals surface area contributed by atoms with Crippen LogP contribution in [0.3, 0.4) is 0 Å². The van der Waals surface area contributed by atoms with E-state index < -0.39 is 0 Å². The number of ether oxygens (including phenoxy) is 1. The minimum Gasteiger partial charge on any atom is -0.383 e. The second-order valence-corrected chi connectivity index (χ2v) is 6.20. The van der Waals surface area contributed by atoms with Crippen LogP contribution in [-0.2, 0) is 11.3 Å². The Morgan fingerprint density at radius 2 is 2.29 bits per heavy atom. The van der Waals surface area contributed by atoms with E-state index in [2.05, 4.69) is 15.2 Å². The van der Waals surface area contributed by atoms with E-state index in [0.717, 1.165) is 32.8 Å². The molecular weight excluding hydrogens is 254 g/mol. The van der Waals surface area contributed by atoms with Gasteiger partial charge in [0.05, 0.1) is 6.61 Å². The Balaban J connectivity index is 1.78. The smallest absolute Gasteiger partial charge is 0.185 e. The van der Waals surface area contributed by atoms with E-state index in [1.165, 1.54) is 21.5 Å². The lowest BCUT2D eigenvalue weighted by Crippen LogP contribution is -2.32. The molecule has 2 heterocycles. The molecule has 1 aromatic heterocycles. The number of thiazole rings is 1. The lowest BCUT2D eigenvalue weighted by Gasteiger charge is -2.25. The number of nitrogens with one attached hydrogen (secondary N) is 1.